The van der Waals surface area contributed by atoms with E-state index < -0.39 is 0 Å². The maximum absolute atomic E-state index is 12.9. The molecule has 2 heterocycles. The molecule has 1 aliphatic carbocycles. The Bertz CT molecular complexity index is 936. The molecule has 1 aromatic heterocycles. The van der Waals surface area contributed by atoms with Crippen LogP contribution in [0.5, 0.6) is 5.75 Å². The number of nitrogens with one attached hydrogen (secondary N) is 2. The van der Waals surface area contributed by atoms with Crippen LogP contribution in [0.15, 0.2) is 30.3 Å². The van der Waals surface area contributed by atoms with Gasteiger partial charge in [0.15, 0.2) is 0 Å². The molecule has 0 bridgehead atoms. The normalized spacial score (nSPS) is 21.5. The van der Waals surface area contributed by atoms with Crippen LogP contribution < -0.4 is 15.4 Å². The largest absolute Gasteiger partial charge is 0.497 e. The van der Waals surface area contributed by atoms with Crippen LogP contribution in [0.2, 0.25) is 0 Å². The summed E-state index contributed by atoms with van der Waals surface area (Å²) in [5, 5.41) is 6.87. The highest BCUT2D eigenvalue weighted by Gasteiger charge is 2.32. The monoisotopic (exact) mass is 441 g/mol. The van der Waals surface area contributed by atoms with Crippen molar-refractivity contribution in [3.8, 4) is 5.75 Å². The second-order valence-corrected chi connectivity index (χ2v) is 9.75. The van der Waals surface area contributed by atoms with E-state index in [2.05, 4.69) is 34.7 Å². The van der Waals surface area contributed by atoms with Crippen LogP contribution in [0, 0.1) is 18.8 Å². The van der Waals surface area contributed by atoms with Crippen LogP contribution in [-0.2, 0) is 4.79 Å². The van der Waals surface area contributed by atoms with Gasteiger partial charge < -0.3 is 15.4 Å². The highest BCUT2D eigenvalue weighted by molar-refractivity contribution is 7.18. The molecule has 2 aliphatic rings. The second kappa shape index (κ2) is 9.40. The Kier molecular flexibility index (Phi) is 6.62. The molecule has 2 aromatic rings. The third-order valence-corrected chi connectivity index (χ3v) is 7.46. The molecular formula is C24H31N3O3S. The van der Waals surface area contributed by atoms with Crippen molar-refractivity contribution in [1.82, 2.24) is 10.2 Å². The number of hydrogen-bond acceptors (Lipinski definition) is 5. The Morgan fingerprint density at radius 3 is 2.61 bits per heavy atom. The molecule has 2 fully saturated rings. The topological polar surface area (TPSA) is 70.7 Å². The van der Waals surface area contributed by atoms with Crippen molar-refractivity contribution in [3.63, 3.8) is 0 Å². The molecule has 4 rings (SSSR count). The minimum absolute atomic E-state index is 0.0591. The SMILES string of the molecule is COc1ccc(C2C(CNC(=O)c3sc(NC(=O)C4CC4)cc3C)CCCN2C)cc1. The Balaban J connectivity index is 1.41. The van der Waals surface area contributed by atoms with Gasteiger partial charge >= 0.3 is 0 Å². The van der Waals surface area contributed by atoms with Gasteiger partial charge in [0.05, 0.1) is 17.0 Å². The van der Waals surface area contributed by atoms with E-state index in [1.54, 1.807) is 7.11 Å². The molecule has 31 heavy (non-hydrogen) atoms. The van der Waals surface area contributed by atoms with E-state index in [0.717, 1.165) is 48.5 Å². The summed E-state index contributed by atoms with van der Waals surface area (Å²) in [4.78, 5) is 28.0. The first kappa shape index (κ1) is 21.8. The van der Waals surface area contributed by atoms with Crippen LogP contribution in [0.25, 0.3) is 0 Å². The third-order valence-electron chi connectivity index (χ3n) is 6.31. The molecule has 1 saturated carbocycles. The number of anilines is 1. The van der Waals surface area contributed by atoms with E-state index >= 15 is 0 Å². The van der Waals surface area contributed by atoms with E-state index in [-0.39, 0.29) is 23.8 Å². The molecule has 1 saturated heterocycles. The first-order valence-corrected chi connectivity index (χ1v) is 11.8. The summed E-state index contributed by atoms with van der Waals surface area (Å²) in [6, 6.07) is 10.4. The predicted octanol–water partition coefficient (Wildman–Crippen LogP) is 4.23. The zero-order valence-electron chi connectivity index (χ0n) is 18.4. The Hall–Kier alpha value is -2.38. The maximum Gasteiger partial charge on any atom is 0.261 e. The highest BCUT2D eigenvalue weighted by Crippen LogP contribution is 2.36. The van der Waals surface area contributed by atoms with Crippen molar-refractivity contribution in [2.24, 2.45) is 11.8 Å². The quantitative estimate of drug-likeness (QED) is 0.675. The van der Waals surface area contributed by atoms with E-state index in [0.29, 0.717) is 17.3 Å². The lowest BCUT2D eigenvalue weighted by atomic mass is 9.85. The van der Waals surface area contributed by atoms with Crippen LogP contribution in [0.4, 0.5) is 5.00 Å². The molecule has 0 radical (unpaired) electrons. The summed E-state index contributed by atoms with van der Waals surface area (Å²) in [7, 11) is 3.83. The fourth-order valence-electron chi connectivity index (χ4n) is 4.44. The number of rotatable bonds is 7. The summed E-state index contributed by atoms with van der Waals surface area (Å²) < 4.78 is 5.30. The van der Waals surface area contributed by atoms with Crippen LogP contribution in [0.3, 0.4) is 0 Å². The van der Waals surface area contributed by atoms with E-state index in [9.17, 15) is 9.59 Å². The summed E-state index contributed by atoms with van der Waals surface area (Å²) in [6.45, 7) is 3.60. The first-order valence-electron chi connectivity index (χ1n) is 11.0. The van der Waals surface area contributed by atoms with Crippen molar-refractivity contribution < 1.29 is 14.3 Å². The molecule has 166 valence electrons. The number of methoxy groups -OCH3 is 1. The molecule has 1 aliphatic heterocycles. The summed E-state index contributed by atoms with van der Waals surface area (Å²) in [6.07, 6.45) is 4.13. The smallest absolute Gasteiger partial charge is 0.261 e. The minimum atomic E-state index is -0.0591. The van der Waals surface area contributed by atoms with Gasteiger partial charge in [0.2, 0.25) is 5.91 Å². The van der Waals surface area contributed by atoms with E-state index in [4.69, 9.17) is 4.74 Å². The minimum Gasteiger partial charge on any atom is -0.497 e. The molecule has 2 unspecified atom stereocenters. The standard InChI is InChI=1S/C24H31N3O3S/c1-15-13-20(26-23(28)17-6-7-17)31-22(15)24(29)25-14-18-5-4-12-27(2)21(18)16-8-10-19(30-3)11-9-16/h8-11,13,17-18,21H,4-7,12,14H2,1-3H3,(H,25,29)(H,26,28). The number of ether oxygens (including phenoxy) is 1. The Labute approximate surface area is 188 Å². The number of hydrogen-bond donors (Lipinski definition) is 2. The van der Waals surface area contributed by atoms with Crippen molar-refractivity contribution in [2.45, 2.75) is 38.6 Å². The number of aryl methyl sites for hydroxylation is 1. The zero-order chi connectivity index (χ0) is 22.0. The van der Waals surface area contributed by atoms with Crippen LogP contribution >= 0.6 is 11.3 Å². The first-order chi connectivity index (χ1) is 15.0. The van der Waals surface area contributed by atoms with Gasteiger partial charge in [0.1, 0.15) is 5.75 Å². The lowest BCUT2D eigenvalue weighted by molar-refractivity contribution is -0.117. The molecule has 2 atom stereocenters. The van der Waals surface area contributed by atoms with E-state index in [1.807, 2.05) is 25.1 Å². The number of carbonyl (C=O) groups excluding carboxylic acids is 2. The number of amides is 2. The number of likely N-dealkylation sites (tertiary alicyclic amines) is 1. The summed E-state index contributed by atoms with van der Waals surface area (Å²) in [5.74, 6) is 1.35. The van der Waals surface area contributed by atoms with Crippen molar-refractivity contribution in [1.29, 1.82) is 0 Å². The molecule has 7 heteroatoms. The zero-order valence-corrected chi connectivity index (χ0v) is 19.3. The highest BCUT2D eigenvalue weighted by atomic mass is 32.1. The van der Waals surface area contributed by atoms with Gasteiger partial charge in [-0.3, -0.25) is 14.5 Å². The Morgan fingerprint density at radius 1 is 1.19 bits per heavy atom. The molecule has 1 aromatic carbocycles. The van der Waals surface area contributed by atoms with Crippen LogP contribution in [-0.4, -0.2) is 44.0 Å². The van der Waals surface area contributed by atoms with Gasteiger partial charge in [-0.05, 0) is 81.4 Å². The van der Waals surface area contributed by atoms with Crippen LogP contribution in [0.1, 0.15) is 52.5 Å². The average Bonchev–Trinajstić information content (AvgIpc) is 3.55. The van der Waals surface area contributed by atoms with Crippen molar-refractivity contribution >= 4 is 28.2 Å². The molecule has 2 amide bonds. The van der Waals surface area contributed by atoms with Gasteiger partial charge in [-0.2, -0.15) is 0 Å². The number of carbonyl (C=O) groups is 2. The van der Waals surface area contributed by atoms with Gasteiger partial charge in [0.25, 0.3) is 5.91 Å². The Morgan fingerprint density at radius 2 is 1.94 bits per heavy atom. The second-order valence-electron chi connectivity index (χ2n) is 8.70. The maximum atomic E-state index is 12.9. The molecule has 2 N–H and O–H groups in total. The van der Waals surface area contributed by atoms with Crippen molar-refractivity contribution in [2.75, 3.05) is 32.6 Å². The lowest BCUT2D eigenvalue weighted by Crippen LogP contribution is -2.41. The fraction of sp³-hybridized carbons (Fsp3) is 0.500. The number of nitrogens with zero attached hydrogens (tertiary/aromatic N) is 1. The lowest BCUT2D eigenvalue weighted by Gasteiger charge is -2.39. The number of piperidine rings is 1. The number of thiophene rings is 1. The summed E-state index contributed by atoms with van der Waals surface area (Å²) in [5.41, 5.74) is 2.15. The number of benzene rings is 1. The van der Waals surface area contributed by atoms with E-state index in [1.165, 1.54) is 16.9 Å². The van der Waals surface area contributed by atoms with Gasteiger partial charge in [-0.25, -0.2) is 0 Å². The molecular weight excluding hydrogens is 410 g/mol. The molecule has 6 nitrogen and oxygen atoms in total. The predicted molar refractivity (Wildman–Crippen MR) is 124 cm³/mol. The van der Waals surface area contributed by atoms with Gasteiger partial charge in [-0.1, -0.05) is 12.1 Å². The fourth-order valence-corrected chi connectivity index (χ4v) is 5.44. The third kappa shape index (κ3) is 5.10. The van der Waals surface area contributed by atoms with Gasteiger partial charge in [-0.15, -0.1) is 11.3 Å². The summed E-state index contributed by atoms with van der Waals surface area (Å²) >= 11 is 1.36. The molecule has 0 spiro atoms. The van der Waals surface area contributed by atoms with Crippen molar-refractivity contribution in [3.05, 3.63) is 46.3 Å². The van der Waals surface area contributed by atoms with Gasteiger partial charge in [0, 0.05) is 18.5 Å². The average molecular weight is 442 g/mol.